The number of halogens is 1. The van der Waals surface area contributed by atoms with Gasteiger partial charge < -0.3 is 4.74 Å². The number of hydrogen-bond acceptors (Lipinski definition) is 5. The molecule has 0 saturated heterocycles. The van der Waals surface area contributed by atoms with Gasteiger partial charge in [0.05, 0.1) is 11.6 Å². The Balaban J connectivity index is 1.76. The zero-order valence-corrected chi connectivity index (χ0v) is 15.5. The molecule has 5 rings (SSSR count). The molecule has 3 heterocycles. The van der Waals surface area contributed by atoms with E-state index in [9.17, 15) is 9.18 Å². The highest BCUT2D eigenvalue weighted by atomic mass is 19.1. The molecule has 7 nitrogen and oxygen atoms in total. The summed E-state index contributed by atoms with van der Waals surface area (Å²) < 4.78 is 21.9. The van der Waals surface area contributed by atoms with Crippen LogP contribution >= 0.6 is 0 Å². The summed E-state index contributed by atoms with van der Waals surface area (Å²) in [4.78, 5) is 16.7. The summed E-state index contributed by atoms with van der Waals surface area (Å²) in [5.41, 5.74) is 3.59. The van der Waals surface area contributed by atoms with E-state index < -0.39 is 5.95 Å². The van der Waals surface area contributed by atoms with Gasteiger partial charge in [-0.2, -0.15) is 4.39 Å². The molecule has 0 atom stereocenters. The largest absolute Gasteiger partial charge is 0.381 e. The van der Waals surface area contributed by atoms with Crippen LogP contribution in [0.25, 0.3) is 33.2 Å². The Morgan fingerprint density at radius 1 is 1.14 bits per heavy atom. The van der Waals surface area contributed by atoms with Crippen LogP contribution in [0, 0.1) is 5.95 Å². The molecule has 0 unspecified atom stereocenters. The minimum absolute atomic E-state index is 0.0738. The molecule has 0 N–H and O–H groups in total. The van der Waals surface area contributed by atoms with Crippen molar-refractivity contribution in [1.82, 2.24) is 24.3 Å². The second-order valence-corrected chi connectivity index (χ2v) is 7.17. The predicted molar refractivity (Wildman–Crippen MR) is 103 cm³/mol. The highest BCUT2D eigenvalue weighted by Gasteiger charge is 2.34. The van der Waals surface area contributed by atoms with Gasteiger partial charge in [-0.15, -0.1) is 10.2 Å². The first-order valence-electron chi connectivity index (χ1n) is 9.09. The number of benzene rings is 1. The van der Waals surface area contributed by atoms with Crippen LogP contribution in [-0.4, -0.2) is 37.5 Å². The van der Waals surface area contributed by atoms with Crippen molar-refractivity contribution in [2.45, 2.75) is 25.0 Å². The number of rotatable bonds is 3. The number of nitrogens with zero attached hydrogens (tertiary/aromatic N) is 5. The summed E-state index contributed by atoms with van der Waals surface area (Å²) in [5, 5.41) is 9.41. The molecule has 0 radical (unpaired) electrons. The van der Waals surface area contributed by atoms with Gasteiger partial charge in [0.1, 0.15) is 5.52 Å². The van der Waals surface area contributed by atoms with Crippen molar-refractivity contribution < 1.29 is 9.13 Å². The average Bonchev–Trinajstić information content (AvgIpc) is 2.93. The summed E-state index contributed by atoms with van der Waals surface area (Å²) in [6.45, 7) is 0. The third-order valence-corrected chi connectivity index (χ3v) is 5.60. The third kappa shape index (κ3) is 2.45. The lowest BCUT2D eigenvalue weighted by molar-refractivity contribution is 0.00635. The van der Waals surface area contributed by atoms with Crippen molar-refractivity contribution in [2.75, 3.05) is 7.11 Å². The average molecular weight is 379 g/mol. The maximum absolute atomic E-state index is 13.2. The lowest BCUT2D eigenvalue weighted by Gasteiger charge is -2.34. The van der Waals surface area contributed by atoms with Gasteiger partial charge in [0.15, 0.2) is 5.65 Å². The number of imidazole rings is 1. The first kappa shape index (κ1) is 17.0. The highest BCUT2D eigenvalue weighted by molar-refractivity contribution is 6.02. The van der Waals surface area contributed by atoms with Crippen molar-refractivity contribution in [3.8, 4) is 11.1 Å². The van der Waals surface area contributed by atoms with Crippen molar-refractivity contribution in [3.63, 3.8) is 0 Å². The Labute approximate surface area is 159 Å². The molecule has 0 amide bonds. The molecule has 0 spiro atoms. The summed E-state index contributed by atoms with van der Waals surface area (Å²) in [6, 6.07) is 8.81. The molecular weight excluding hydrogens is 361 g/mol. The van der Waals surface area contributed by atoms with Gasteiger partial charge in [-0.1, -0.05) is 6.07 Å². The summed E-state index contributed by atoms with van der Waals surface area (Å²) in [6.07, 6.45) is 3.26. The molecule has 1 fully saturated rings. The molecule has 0 aliphatic heterocycles. The van der Waals surface area contributed by atoms with Gasteiger partial charge in [0.2, 0.25) is 5.95 Å². The standard InChI is InChI=1S/C20H18FN5O2/c1-25-19-18(26(20(25)27)13-8-14(9-13)28-2)15-7-11(3-5-16(15)23-24-19)12-4-6-17(21)22-10-12/h3-7,10,13-14H,8-9H2,1-2H3/t13-,14+. The Morgan fingerprint density at radius 2 is 1.93 bits per heavy atom. The van der Waals surface area contributed by atoms with Crippen LogP contribution in [0.2, 0.25) is 0 Å². The summed E-state index contributed by atoms with van der Waals surface area (Å²) in [7, 11) is 3.40. The molecule has 1 aliphatic carbocycles. The molecule has 142 valence electrons. The SMILES string of the molecule is CO[C@H]1C[C@@H](n2c(=O)n(C)c3nnc4ccc(-c5ccc(F)nc5)cc4c32)C1. The van der Waals surface area contributed by atoms with Gasteiger partial charge >= 0.3 is 5.69 Å². The number of fused-ring (bicyclic) bond motifs is 3. The fourth-order valence-corrected chi connectivity index (χ4v) is 3.90. The molecule has 3 aromatic heterocycles. The van der Waals surface area contributed by atoms with E-state index >= 15 is 0 Å². The molecule has 0 bridgehead atoms. The van der Waals surface area contributed by atoms with Gasteiger partial charge in [-0.05, 0) is 42.7 Å². The normalized spacial score (nSPS) is 19.2. The van der Waals surface area contributed by atoms with Crippen LogP contribution in [-0.2, 0) is 11.8 Å². The number of hydrogen-bond donors (Lipinski definition) is 0. The number of ether oxygens (including phenoxy) is 1. The second-order valence-electron chi connectivity index (χ2n) is 7.17. The predicted octanol–water partition coefficient (Wildman–Crippen LogP) is 2.83. The van der Waals surface area contributed by atoms with Crippen molar-refractivity contribution in [2.24, 2.45) is 7.05 Å². The number of aromatic nitrogens is 5. The van der Waals surface area contributed by atoms with Gasteiger partial charge in [-0.25, -0.2) is 9.78 Å². The molecule has 8 heteroatoms. The van der Waals surface area contributed by atoms with Crippen LogP contribution in [0.1, 0.15) is 18.9 Å². The number of aryl methyl sites for hydroxylation is 1. The van der Waals surface area contributed by atoms with E-state index in [0.29, 0.717) is 11.2 Å². The summed E-state index contributed by atoms with van der Waals surface area (Å²) in [5.74, 6) is -0.521. The fourth-order valence-electron chi connectivity index (χ4n) is 3.90. The maximum atomic E-state index is 13.2. The Morgan fingerprint density at radius 3 is 2.64 bits per heavy atom. The minimum Gasteiger partial charge on any atom is -0.381 e. The van der Waals surface area contributed by atoms with Crippen LogP contribution in [0.5, 0.6) is 0 Å². The summed E-state index contributed by atoms with van der Waals surface area (Å²) >= 11 is 0. The van der Waals surface area contributed by atoms with E-state index in [1.165, 1.54) is 16.8 Å². The second kappa shape index (κ2) is 6.20. The Bertz CT molecular complexity index is 1260. The Kier molecular flexibility index (Phi) is 3.77. The van der Waals surface area contributed by atoms with E-state index in [4.69, 9.17) is 4.74 Å². The number of pyridine rings is 1. The van der Waals surface area contributed by atoms with Crippen molar-refractivity contribution in [1.29, 1.82) is 0 Å². The molecule has 1 saturated carbocycles. The third-order valence-electron chi connectivity index (χ3n) is 5.60. The lowest BCUT2D eigenvalue weighted by Crippen LogP contribution is -2.37. The minimum atomic E-state index is -0.521. The first-order chi connectivity index (χ1) is 13.6. The van der Waals surface area contributed by atoms with Gasteiger partial charge in [0.25, 0.3) is 0 Å². The zero-order valence-electron chi connectivity index (χ0n) is 15.5. The van der Waals surface area contributed by atoms with E-state index in [1.54, 1.807) is 20.2 Å². The molecular formula is C20H18FN5O2. The zero-order chi connectivity index (χ0) is 19.4. The number of methoxy groups -OCH3 is 1. The smallest absolute Gasteiger partial charge is 0.330 e. The van der Waals surface area contributed by atoms with Gasteiger partial charge in [-0.3, -0.25) is 9.13 Å². The fraction of sp³-hybridized carbons (Fsp3) is 0.300. The maximum Gasteiger partial charge on any atom is 0.330 e. The van der Waals surface area contributed by atoms with Crippen LogP contribution in [0.4, 0.5) is 4.39 Å². The monoisotopic (exact) mass is 379 g/mol. The van der Waals surface area contributed by atoms with Crippen molar-refractivity contribution in [3.05, 3.63) is 53.0 Å². The van der Waals surface area contributed by atoms with E-state index in [0.717, 1.165) is 34.9 Å². The first-order valence-corrected chi connectivity index (χ1v) is 9.09. The topological polar surface area (TPSA) is 74.8 Å². The molecule has 28 heavy (non-hydrogen) atoms. The molecule has 1 aliphatic rings. The van der Waals surface area contributed by atoms with Crippen molar-refractivity contribution >= 4 is 22.1 Å². The van der Waals surface area contributed by atoms with Crippen LogP contribution < -0.4 is 5.69 Å². The van der Waals surface area contributed by atoms with Crippen LogP contribution in [0.3, 0.4) is 0 Å². The van der Waals surface area contributed by atoms with E-state index in [-0.39, 0.29) is 17.8 Å². The van der Waals surface area contributed by atoms with E-state index in [2.05, 4.69) is 15.2 Å². The molecule has 1 aromatic carbocycles. The highest BCUT2D eigenvalue weighted by Crippen LogP contribution is 2.37. The van der Waals surface area contributed by atoms with Gasteiger partial charge in [0, 0.05) is 37.3 Å². The molecule has 4 aromatic rings. The van der Waals surface area contributed by atoms with Crippen LogP contribution in [0.15, 0.2) is 41.3 Å². The Hall–Kier alpha value is -3.13. The lowest BCUT2D eigenvalue weighted by atomic mass is 9.89. The quantitative estimate of drug-likeness (QED) is 0.512. The van der Waals surface area contributed by atoms with E-state index in [1.807, 2.05) is 22.8 Å².